The lowest BCUT2D eigenvalue weighted by Crippen LogP contribution is -2.34. The third-order valence-electron chi connectivity index (χ3n) is 2.86. The van der Waals surface area contributed by atoms with E-state index >= 15 is 0 Å². The third kappa shape index (κ3) is 5.89. The Balaban J connectivity index is 4.46. The summed E-state index contributed by atoms with van der Waals surface area (Å²) < 4.78 is 0. The normalized spacial score (nSPS) is 14.1. The van der Waals surface area contributed by atoms with Gasteiger partial charge in [0.05, 0.1) is 5.54 Å². The Bertz CT molecular complexity index is 221. The molecule has 1 unspecified atom stereocenters. The average molecular weight is 225 g/mol. The number of azo groups is 1. The fourth-order valence-electron chi connectivity index (χ4n) is 1.93. The van der Waals surface area contributed by atoms with E-state index in [0.717, 1.165) is 6.42 Å². The molecule has 0 saturated heterocycles. The van der Waals surface area contributed by atoms with Gasteiger partial charge in [0.25, 0.3) is 0 Å². The van der Waals surface area contributed by atoms with Crippen LogP contribution in [0.15, 0.2) is 23.0 Å². The van der Waals surface area contributed by atoms with Crippen LogP contribution in [0.1, 0.15) is 46.5 Å². The average Bonchev–Trinajstić information content (AvgIpc) is 2.22. The Morgan fingerprint density at radius 2 is 2.06 bits per heavy atom. The molecule has 0 bridgehead atoms. The van der Waals surface area contributed by atoms with Crippen LogP contribution in [-0.4, -0.2) is 30.6 Å². The molecule has 0 saturated carbocycles. The lowest BCUT2D eigenvalue weighted by Gasteiger charge is -2.31. The Kier molecular flexibility index (Phi) is 7.02. The van der Waals surface area contributed by atoms with Crippen molar-refractivity contribution < 1.29 is 0 Å². The summed E-state index contributed by atoms with van der Waals surface area (Å²) in [6.07, 6.45) is 6.60. The van der Waals surface area contributed by atoms with Gasteiger partial charge in [0.1, 0.15) is 0 Å². The highest BCUT2D eigenvalue weighted by Crippen LogP contribution is 2.23. The van der Waals surface area contributed by atoms with Crippen LogP contribution in [-0.2, 0) is 0 Å². The van der Waals surface area contributed by atoms with Gasteiger partial charge in [-0.05, 0) is 32.9 Å². The van der Waals surface area contributed by atoms with E-state index in [4.69, 9.17) is 0 Å². The Labute approximate surface area is 101 Å². The van der Waals surface area contributed by atoms with Gasteiger partial charge in [-0.15, -0.1) is 0 Å². The van der Waals surface area contributed by atoms with Gasteiger partial charge in [-0.1, -0.05) is 26.3 Å². The number of unbranched alkanes of at least 4 members (excludes halogenated alkanes) is 1. The van der Waals surface area contributed by atoms with E-state index in [9.17, 15) is 0 Å². The van der Waals surface area contributed by atoms with Gasteiger partial charge >= 0.3 is 0 Å². The lowest BCUT2D eigenvalue weighted by atomic mass is 9.92. The zero-order chi connectivity index (χ0) is 12.6. The van der Waals surface area contributed by atoms with Crippen molar-refractivity contribution in [3.05, 3.63) is 12.8 Å². The highest BCUT2D eigenvalue weighted by molar-refractivity contribution is 4.86. The van der Waals surface area contributed by atoms with Crippen molar-refractivity contribution in [2.24, 2.45) is 10.2 Å². The van der Waals surface area contributed by atoms with E-state index in [2.05, 4.69) is 49.5 Å². The van der Waals surface area contributed by atoms with Crippen LogP contribution in [0.4, 0.5) is 0 Å². The molecule has 0 aromatic carbocycles. The molecule has 3 heteroatoms. The lowest BCUT2D eigenvalue weighted by molar-refractivity contribution is 0.244. The second-order valence-electron chi connectivity index (χ2n) is 4.96. The molecule has 1 atom stereocenters. The van der Waals surface area contributed by atoms with E-state index in [1.807, 2.05) is 6.20 Å². The molecule has 16 heavy (non-hydrogen) atoms. The second kappa shape index (κ2) is 7.42. The van der Waals surface area contributed by atoms with E-state index in [0.29, 0.717) is 6.04 Å². The van der Waals surface area contributed by atoms with Crippen molar-refractivity contribution in [1.29, 1.82) is 0 Å². The summed E-state index contributed by atoms with van der Waals surface area (Å²) >= 11 is 0. The van der Waals surface area contributed by atoms with Gasteiger partial charge < -0.3 is 4.90 Å². The number of hydrogen-bond donors (Lipinski definition) is 0. The van der Waals surface area contributed by atoms with Crippen molar-refractivity contribution in [3.63, 3.8) is 0 Å². The van der Waals surface area contributed by atoms with Crippen LogP contribution in [0.25, 0.3) is 0 Å². The van der Waals surface area contributed by atoms with Crippen LogP contribution < -0.4 is 0 Å². The summed E-state index contributed by atoms with van der Waals surface area (Å²) in [6, 6.07) is 0.512. The third-order valence-corrected chi connectivity index (χ3v) is 2.86. The zero-order valence-electron chi connectivity index (χ0n) is 11.5. The Hall–Kier alpha value is -0.860. The maximum absolute atomic E-state index is 4.29. The molecule has 0 amide bonds. The molecule has 0 fully saturated rings. The van der Waals surface area contributed by atoms with Crippen LogP contribution in [0.2, 0.25) is 0 Å². The molecule has 0 aliphatic rings. The Morgan fingerprint density at radius 1 is 1.44 bits per heavy atom. The van der Waals surface area contributed by atoms with Crippen molar-refractivity contribution in [1.82, 2.24) is 4.90 Å². The van der Waals surface area contributed by atoms with Crippen molar-refractivity contribution in [2.75, 3.05) is 14.1 Å². The molecule has 0 spiro atoms. The maximum Gasteiger partial charge on any atom is 0.0779 e. The predicted molar refractivity (Wildman–Crippen MR) is 70.7 cm³/mol. The molecule has 0 aliphatic carbocycles. The van der Waals surface area contributed by atoms with Gasteiger partial charge in [-0.2, -0.15) is 10.2 Å². The SMILES string of the molecule is C=CN(C)C(CCCC)CC(C)(C)N=NC. The monoisotopic (exact) mass is 225 g/mol. The van der Waals surface area contributed by atoms with Crippen LogP contribution >= 0.6 is 0 Å². The molecular weight excluding hydrogens is 198 g/mol. The zero-order valence-corrected chi connectivity index (χ0v) is 11.5. The molecule has 0 N–H and O–H groups in total. The van der Waals surface area contributed by atoms with Crippen LogP contribution in [0, 0.1) is 0 Å². The topological polar surface area (TPSA) is 28.0 Å². The fraction of sp³-hybridized carbons (Fsp3) is 0.846. The van der Waals surface area contributed by atoms with Crippen LogP contribution in [0.5, 0.6) is 0 Å². The smallest absolute Gasteiger partial charge is 0.0779 e. The first-order valence-electron chi connectivity index (χ1n) is 6.12. The molecule has 0 aromatic heterocycles. The number of hydrogen-bond acceptors (Lipinski definition) is 3. The molecule has 0 heterocycles. The van der Waals surface area contributed by atoms with E-state index in [1.165, 1.54) is 19.3 Å². The van der Waals surface area contributed by atoms with Gasteiger partial charge in [-0.25, -0.2) is 0 Å². The first-order chi connectivity index (χ1) is 7.46. The highest BCUT2D eigenvalue weighted by atomic mass is 15.1. The largest absolute Gasteiger partial charge is 0.378 e. The van der Waals surface area contributed by atoms with Gasteiger partial charge in [0.15, 0.2) is 0 Å². The standard InChI is InChI=1S/C13H27N3/c1-7-9-10-12(16(6)8-2)11-13(3,4)15-14-5/h8,12H,2,7,9-11H2,1,3-6H3. The summed E-state index contributed by atoms with van der Waals surface area (Å²) in [5.41, 5.74) is -0.0789. The summed E-state index contributed by atoms with van der Waals surface area (Å²) in [6.45, 7) is 10.3. The minimum Gasteiger partial charge on any atom is -0.378 e. The molecule has 0 rings (SSSR count). The molecule has 3 nitrogen and oxygen atoms in total. The van der Waals surface area contributed by atoms with E-state index < -0.39 is 0 Å². The first kappa shape index (κ1) is 15.1. The summed E-state index contributed by atoms with van der Waals surface area (Å²) in [4.78, 5) is 2.20. The number of nitrogens with zero attached hydrogens (tertiary/aromatic N) is 3. The minimum atomic E-state index is -0.0789. The molecule has 94 valence electrons. The van der Waals surface area contributed by atoms with Crippen molar-refractivity contribution in [3.8, 4) is 0 Å². The van der Waals surface area contributed by atoms with Crippen LogP contribution in [0.3, 0.4) is 0 Å². The van der Waals surface area contributed by atoms with E-state index in [1.54, 1.807) is 7.05 Å². The second-order valence-corrected chi connectivity index (χ2v) is 4.96. The van der Waals surface area contributed by atoms with Gasteiger partial charge in [0.2, 0.25) is 0 Å². The van der Waals surface area contributed by atoms with Gasteiger partial charge in [0, 0.05) is 20.1 Å². The molecule has 0 aliphatic heterocycles. The summed E-state index contributed by atoms with van der Waals surface area (Å²) in [5, 5.41) is 8.19. The quantitative estimate of drug-likeness (QED) is 0.576. The van der Waals surface area contributed by atoms with E-state index in [-0.39, 0.29) is 5.54 Å². The van der Waals surface area contributed by atoms with Crippen molar-refractivity contribution >= 4 is 0 Å². The maximum atomic E-state index is 4.29. The van der Waals surface area contributed by atoms with Crippen molar-refractivity contribution in [2.45, 2.75) is 58.0 Å². The summed E-state index contributed by atoms with van der Waals surface area (Å²) in [5.74, 6) is 0. The summed E-state index contributed by atoms with van der Waals surface area (Å²) in [7, 11) is 3.83. The Morgan fingerprint density at radius 3 is 2.50 bits per heavy atom. The molecular formula is C13H27N3. The van der Waals surface area contributed by atoms with Gasteiger partial charge in [-0.3, -0.25) is 0 Å². The number of rotatable bonds is 8. The predicted octanol–water partition coefficient (Wildman–Crippen LogP) is 3.87. The fourth-order valence-corrected chi connectivity index (χ4v) is 1.93. The highest BCUT2D eigenvalue weighted by Gasteiger charge is 2.24. The molecule has 0 aromatic rings. The first-order valence-corrected chi connectivity index (χ1v) is 6.12. The minimum absolute atomic E-state index is 0.0789. The molecule has 0 radical (unpaired) electrons.